The fourth-order valence-electron chi connectivity index (χ4n) is 8.22. The molecule has 0 aromatic carbocycles. The second-order valence-corrected chi connectivity index (χ2v) is 9.92. The maximum absolute atomic E-state index is 2.76. The first-order valence-corrected chi connectivity index (χ1v) is 11.3. The van der Waals surface area contributed by atoms with Gasteiger partial charge in [0.2, 0.25) is 0 Å². The molecule has 0 bridgehead atoms. The van der Waals surface area contributed by atoms with Gasteiger partial charge in [-0.15, -0.1) is 0 Å². The van der Waals surface area contributed by atoms with Gasteiger partial charge in [-0.25, -0.2) is 0 Å². The van der Waals surface area contributed by atoms with Gasteiger partial charge in [-0.2, -0.15) is 0 Å². The normalized spacial score (nSPS) is 48.3. The van der Waals surface area contributed by atoms with Crippen LogP contribution in [0, 0.1) is 40.9 Å². The third-order valence-electron chi connectivity index (χ3n) is 8.88. The molecule has 0 aromatic heterocycles. The van der Waals surface area contributed by atoms with Crippen LogP contribution in [0.2, 0.25) is 0 Å². The minimum atomic E-state index is 0.385. The number of fused-ring (bicyclic) bond motifs is 9. The Balaban J connectivity index is 1.61. The third kappa shape index (κ3) is 1.82. The molecule has 0 N–H and O–H groups in total. The zero-order valence-corrected chi connectivity index (χ0v) is 16.2. The van der Waals surface area contributed by atoms with E-state index in [1.54, 1.807) is 5.57 Å². The molecule has 0 aliphatic heterocycles. The molecule has 0 amide bonds. The van der Waals surface area contributed by atoms with E-state index in [4.69, 9.17) is 0 Å². The van der Waals surface area contributed by atoms with Crippen molar-refractivity contribution in [1.29, 1.82) is 0 Å². The zero-order valence-electron chi connectivity index (χ0n) is 16.2. The maximum Gasteiger partial charge on any atom is 0.0232 e. The molecule has 1 spiro atoms. The van der Waals surface area contributed by atoms with Crippen LogP contribution < -0.4 is 0 Å². The molecule has 0 heteroatoms. The summed E-state index contributed by atoms with van der Waals surface area (Å²) in [6.45, 7) is 2.43. The van der Waals surface area contributed by atoms with E-state index in [1.807, 2.05) is 11.1 Å². The number of hydrogen-bond acceptors (Lipinski definition) is 0. The van der Waals surface area contributed by atoms with Crippen LogP contribution in [-0.2, 0) is 0 Å². The first-order valence-electron chi connectivity index (χ1n) is 11.3. The number of allylic oxidation sites excluding steroid dienone is 10. The highest BCUT2D eigenvalue weighted by atomic mass is 14.7. The lowest BCUT2D eigenvalue weighted by atomic mass is 9.60. The van der Waals surface area contributed by atoms with Gasteiger partial charge in [-0.3, -0.25) is 0 Å². The van der Waals surface area contributed by atoms with Crippen LogP contribution in [0.3, 0.4) is 0 Å². The second kappa shape index (κ2) is 5.60. The summed E-state index contributed by atoms with van der Waals surface area (Å²) in [7, 11) is 0. The molecule has 136 valence electrons. The summed E-state index contributed by atoms with van der Waals surface area (Å²) in [6, 6.07) is 0. The van der Waals surface area contributed by atoms with E-state index in [9.17, 15) is 0 Å². The summed E-state index contributed by atoms with van der Waals surface area (Å²) < 4.78 is 0. The van der Waals surface area contributed by atoms with Gasteiger partial charge in [0.1, 0.15) is 0 Å². The summed E-state index contributed by atoms with van der Waals surface area (Å²) in [6.07, 6.45) is 29.1. The topological polar surface area (TPSA) is 0 Å². The number of rotatable bonds is 0. The minimum Gasteiger partial charge on any atom is -0.0841 e. The molecule has 2 saturated carbocycles. The van der Waals surface area contributed by atoms with Crippen molar-refractivity contribution < 1.29 is 0 Å². The summed E-state index contributed by atoms with van der Waals surface area (Å²) in [5.74, 6) is 4.86. The molecule has 0 saturated heterocycles. The van der Waals surface area contributed by atoms with Crippen molar-refractivity contribution in [3.8, 4) is 0 Å². The molecule has 6 aliphatic rings. The van der Waals surface area contributed by atoms with E-state index in [2.05, 4.69) is 49.5 Å². The Hall–Kier alpha value is -1.30. The maximum atomic E-state index is 2.76. The Kier molecular flexibility index (Phi) is 3.39. The fraction of sp³-hybridized carbons (Fsp3) is 0.615. The summed E-state index contributed by atoms with van der Waals surface area (Å²) in [4.78, 5) is 0. The SMILES string of the molecule is CC1C=CC2=C(C1)C1(C3=CCCCCC3C3CCCC31)C1C=CC=CC21. The van der Waals surface area contributed by atoms with E-state index < -0.39 is 0 Å². The van der Waals surface area contributed by atoms with Gasteiger partial charge >= 0.3 is 0 Å². The molecular formula is C26H32. The first kappa shape index (κ1) is 15.7. The molecule has 6 rings (SSSR count). The van der Waals surface area contributed by atoms with Gasteiger partial charge in [0, 0.05) is 17.3 Å². The molecule has 7 atom stereocenters. The van der Waals surface area contributed by atoms with Crippen molar-refractivity contribution in [2.45, 2.75) is 58.3 Å². The monoisotopic (exact) mass is 344 g/mol. The van der Waals surface area contributed by atoms with Crippen molar-refractivity contribution in [2.24, 2.45) is 40.9 Å². The second-order valence-electron chi connectivity index (χ2n) is 9.92. The van der Waals surface area contributed by atoms with Gasteiger partial charge in [-0.05, 0) is 67.8 Å². The Morgan fingerprint density at radius 2 is 1.88 bits per heavy atom. The van der Waals surface area contributed by atoms with Crippen molar-refractivity contribution in [1.82, 2.24) is 0 Å². The average molecular weight is 345 g/mol. The van der Waals surface area contributed by atoms with E-state index in [-0.39, 0.29) is 0 Å². The van der Waals surface area contributed by atoms with Gasteiger partial charge in [0.15, 0.2) is 0 Å². The minimum absolute atomic E-state index is 0.385. The smallest absolute Gasteiger partial charge is 0.0232 e. The van der Waals surface area contributed by atoms with Crippen LogP contribution in [0.1, 0.15) is 58.3 Å². The fourth-order valence-corrected chi connectivity index (χ4v) is 8.22. The lowest BCUT2D eigenvalue weighted by Crippen LogP contribution is -2.37. The molecule has 0 aromatic rings. The molecule has 0 nitrogen and oxygen atoms in total. The molecule has 26 heavy (non-hydrogen) atoms. The lowest BCUT2D eigenvalue weighted by molar-refractivity contribution is 0.192. The van der Waals surface area contributed by atoms with E-state index in [0.717, 1.165) is 17.8 Å². The Labute approximate surface area is 158 Å². The van der Waals surface area contributed by atoms with E-state index in [0.29, 0.717) is 23.2 Å². The van der Waals surface area contributed by atoms with E-state index >= 15 is 0 Å². The molecular weight excluding hydrogens is 312 g/mol. The van der Waals surface area contributed by atoms with Crippen molar-refractivity contribution in [3.05, 3.63) is 59.3 Å². The highest BCUT2D eigenvalue weighted by molar-refractivity contribution is 5.56. The standard InChI is InChI=1S/C26H32/c1-17-14-15-21-19-9-5-6-12-23(19)26(25(21)16-17)22-11-4-2-3-8-18(22)20-10-7-13-24(20)26/h5-6,9,11-12,14-15,17-20,23-24H,2-4,7-8,10,13,16H2,1H3. The van der Waals surface area contributed by atoms with Crippen LogP contribution in [0.15, 0.2) is 59.3 Å². The molecule has 0 radical (unpaired) electrons. The summed E-state index contributed by atoms with van der Waals surface area (Å²) >= 11 is 0. The summed E-state index contributed by atoms with van der Waals surface area (Å²) in [5.41, 5.74) is 5.90. The largest absolute Gasteiger partial charge is 0.0841 e. The summed E-state index contributed by atoms with van der Waals surface area (Å²) in [5, 5.41) is 0. The Bertz CT molecular complexity index is 772. The average Bonchev–Trinajstić information content (AvgIpc) is 3.24. The van der Waals surface area contributed by atoms with Crippen LogP contribution in [0.25, 0.3) is 0 Å². The highest BCUT2D eigenvalue weighted by Crippen LogP contribution is 2.73. The zero-order chi connectivity index (χ0) is 17.3. The first-order chi connectivity index (χ1) is 12.8. The van der Waals surface area contributed by atoms with Crippen LogP contribution in [0.5, 0.6) is 0 Å². The quantitative estimate of drug-likeness (QED) is 0.425. The molecule has 6 aliphatic carbocycles. The van der Waals surface area contributed by atoms with Crippen molar-refractivity contribution in [3.63, 3.8) is 0 Å². The number of hydrogen-bond donors (Lipinski definition) is 0. The van der Waals surface area contributed by atoms with Gasteiger partial charge in [-0.1, -0.05) is 73.4 Å². The highest BCUT2D eigenvalue weighted by Gasteiger charge is 2.65. The van der Waals surface area contributed by atoms with Crippen molar-refractivity contribution in [2.75, 3.05) is 0 Å². The van der Waals surface area contributed by atoms with Crippen LogP contribution >= 0.6 is 0 Å². The van der Waals surface area contributed by atoms with Gasteiger partial charge in [0.05, 0.1) is 0 Å². The third-order valence-corrected chi connectivity index (χ3v) is 8.88. The molecule has 2 fully saturated rings. The predicted molar refractivity (Wildman–Crippen MR) is 109 cm³/mol. The van der Waals surface area contributed by atoms with Crippen LogP contribution in [-0.4, -0.2) is 0 Å². The Morgan fingerprint density at radius 1 is 0.962 bits per heavy atom. The van der Waals surface area contributed by atoms with Gasteiger partial charge in [0.25, 0.3) is 0 Å². The van der Waals surface area contributed by atoms with Crippen molar-refractivity contribution >= 4 is 0 Å². The van der Waals surface area contributed by atoms with Crippen LogP contribution in [0.4, 0.5) is 0 Å². The molecule has 7 unspecified atom stereocenters. The Morgan fingerprint density at radius 3 is 2.85 bits per heavy atom. The lowest BCUT2D eigenvalue weighted by Gasteiger charge is -2.43. The van der Waals surface area contributed by atoms with Gasteiger partial charge < -0.3 is 0 Å². The predicted octanol–water partition coefficient (Wildman–Crippen LogP) is 6.78. The molecule has 0 heterocycles. The van der Waals surface area contributed by atoms with E-state index in [1.165, 1.54) is 51.4 Å².